The van der Waals surface area contributed by atoms with E-state index in [1.807, 2.05) is 6.92 Å². The maximum atomic E-state index is 13.1. The first-order valence-electron chi connectivity index (χ1n) is 8.96. The summed E-state index contributed by atoms with van der Waals surface area (Å²) in [7, 11) is 0. The van der Waals surface area contributed by atoms with E-state index < -0.39 is 23.7 Å². The second-order valence-electron chi connectivity index (χ2n) is 6.47. The van der Waals surface area contributed by atoms with Gasteiger partial charge in [-0.1, -0.05) is 43.6 Å². The first-order chi connectivity index (χ1) is 13.3. The van der Waals surface area contributed by atoms with Crippen LogP contribution in [0.5, 0.6) is 5.75 Å². The molecule has 0 bridgehead atoms. The number of halogens is 2. The van der Waals surface area contributed by atoms with E-state index in [2.05, 4.69) is 5.32 Å². The molecule has 0 aliphatic carbocycles. The normalized spacial score (nSPS) is 11.8. The van der Waals surface area contributed by atoms with Crippen LogP contribution in [0.15, 0.2) is 42.5 Å². The molecule has 0 saturated carbocycles. The molecule has 1 N–H and O–H groups in total. The maximum Gasteiger partial charge on any atom is 0.329 e. The molecule has 0 heterocycles. The average molecular weight is 408 g/mol. The van der Waals surface area contributed by atoms with E-state index >= 15 is 0 Å². The van der Waals surface area contributed by atoms with Crippen LogP contribution >= 0.6 is 11.6 Å². The smallest absolute Gasteiger partial charge is 0.329 e. The number of carbonyl (C=O) groups excluding carboxylic acids is 2. The summed E-state index contributed by atoms with van der Waals surface area (Å²) < 4.78 is 23.9. The van der Waals surface area contributed by atoms with Crippen LogP contribution in [0.1, 0.15) is 36.7 Å². The lowest BCUT2D eigenvalue weighted by Gasteiger charge is -2.21. The molecule has 150 valence electrons. The summed E-state index contributed by atoms with van der Waals surface area (Å²) in [5.74, 6) is -1.27. The van der Waals surface area contributed by atoms with E-state index in [4.69, 9.17) is 21.1 Å². The number of benzene rings is 2. The first kappa shape index (κ1) is 21.7. The molecular formula is C21H23ClFNO4. The van der Waals surface area contributed by atoms with Crippen LogP contribution in [0.3, 0.4) is 0 Å². The maximum absolute atomic E-state index is 13.1. The number of rotatable bonds is 8. The Kier molecular flexibility index (Phi) is 7.81. The number of hydrogen-bond donors (Lipinski definition) is 1. The molecule has 0 unspecified atom stereocenters. The predicted octanol–water partition coefficient (Wildman–Crippen LogP) is 4.38. The Morgan fingerprint density at radius 2 is 1.89 bits per heavy atom. The van der Waals surface area contributed by atoms with Gasteiger partial charge in [-0.15, -0.1) is 0 Å². The van der Waals surface area contributed by atoms with Crippen molar-refractivity contribution in [2.24, 2.45) is 5.92 Å². The molecule has 0 radical (unpaired) electrons. The highest BCUT2D eigenvalue weighted by Crippen LogP contribution is 2.20. The van der Waals surface area contributed by atoms with Crippen molar-refractivity contribution in [1.82, 2.24) is 5.32 Å². The van der Waals surface area contributed by atoms with Crippen LogP contribution in [0.4, 0.5) is 4.39 Å². The van der Waals surface area contributed by atoms with Gasteiger partial charge in [-0.25, -0.2) is 9.18 Å². The molecule has 0 aromatic heterocycles. The zero-order valence-corrected chi connectivity index (χ0v) is 16.8. The van der Waals surface area contributed by atoms with E-state index in [-0.39, 0.29) is 17.5 Å². The quantitative estimate of drug-likeness (QED) is 0.660. The van der Waals surface area contributed by atoms with Crippen LogP contribution in [0.25, 0.3) is 0 Å². The third-order valence-electron chi connectivity index (χ3n) is 4.02. The molecule has 7 heteroatoms. The highest BCUT2D eigenvalue weighted by molar-refractivity contribution is 6.31. The number of amides is 1. The Morgan fingerprint density at radius 3 is 2.54 bits per heavy atom. The van der Waals surface area contributed by atoms with Crippen LogP contribution in [0.2, 0.25) is 5.02 Å². The van der Waals surface area contributed by atoms with Crippen molar-refractivity contribution in [2.75, 3.05) is 6.61 Å². The molecule has 0 aliphatic heterocycles. The molecule has 0 spiro atoms. The second-order valence-corrected chi connectivity index (χ2v) is 6.87. The fourth-order valence-electron chi connectivity index (χ4n) is 2.53. The number of carbonyl (C=O) groups is 2. The van der Waals surface area contributed by atoms with E-state index in [1.165, 1.54) is 12.1 Å². The Bertz CT molecular complexity index is 841. The van der Waals surface area contributed by atoms with Gasteiger partial charge in [0.1, 0.15) is 24.2 Å². The number of ether oxygens (including phenoxy) is 2. The molecule has 28 heavy (non-hydrogen) atoms. The first-order valence-corrected chi connectivity index (χ1v) is 9.34. The molecule has 5 nitrogen and oxygen atoms in total. The zero-order valence-electron chi connectivity index (χ0n) is 16.0. The number of para-hydroxylation sites is 1. The van der Waals surface area contributed by atoms with Crippen LogP contribution in [0, 0.1) is 11.7 Å². The third-order valence-corrected chi connectivity index (χ3v) is 4.38. The van der Waals surface area contributed by atoms with Gasteiger partial charge in [0.2, 0.25) is 0 Å². The molecule has 2 aromatic rings. The van der Waals surface area contributed by atoms with Gasteiger partial charge in [0.15, 0.2) is 0 Å². The molecule has 2 rings (SSSR count). The topological polar surface area (TPSA) is 64.6 Å². The summed E-state index contributed by atoms with van der Waals surface area (Å²) in [5, 5.41) is 2.87. The minimum absolute atomic E-state index is 0.118. The van der Waals surface area contributed by atoms with Crippen molar-refractivity contribution in [3.63, 3.8) is 0 Å². The summed E-state index contributed by atoms with van der Waals surface area (Å²) in [5.41, 5.74) is 0.816. The van der Waals surface area contributed by atoms with Crippen molar-refractivity contribution in [1.29, 1.82) is 0 Å². The van der Waals surface area contributed by atoms with Crippen molar-refractivity contribution in [3.8, 4) is 5.75 Å². The van der Waals surface area contributed by atoms with Gasteiger partial charge < -0.3 is 14.8 Å². The minimum Gasteiger partial charge on any atom is -0.493 e. The fraction of sp³-hybridized carbons (Fsp3) is 0.333. The van der Waals surface area contributed by atoms with Gasteiger partial charge in [-0.3, -0.25) is 4.79 Å². The van der Waals surface area contributed by atoms with Gasteiger partial charge in [-0.2, -0.15) is 0 Å². The van der Waals surface area contributed by atoms with Crippen molar-refractivity contribution >= 4 is 23.5 Å². The average Bonchev–Trinajstić information content (AvgIpc) is 2.65. The van der Waals surface area contributed by atoms with Gasteiger partial charge in [0.25, 0.3) is 5.91 Å². The summed E-state index contributed by atoms with van der Waals surface area (Å²) in [4.78, 5) is 25.2. The third kappa shape index (κ3) is 5.70. The Labute approximate surface area is 168 Å². The molecule has 0 fully saturated rings. The lowest BCUT2D eigenvalue weighted by Crippen LogP contribution is -2.45. The van der Waals surface area contributed by atoms with Gasteiger partial charge in [-0.05, 0) is 37.1 Å². The molecule has 1 amide bonds. The largest absolute Gasteiger partial charge is 0.493 e. The Balaban J connectivity index is 2.08. The van der Waals surface area contributed by atoms with Gasteiger partial charge in [0, 0.05) is 5.56 Å². The van der Waals surface area contributed by atoms with Crippen LogP contribution < -0.4 is 10.1 Å². The van der Waals surface area contributed by atoms with Crippen LogP contribution in [-0.4, -0.2) is 24.5 Å². The summed E-state index contributed by atoms with van der Waals surface area (Å²) >= 11 is 5.95. The van der Waals surface area contributed by atoms with E-state index in [1.54, 1.807) is 38.1 Å². The van der Waals surface area contributed by atoms with E-state index in [0.29, 0.717) is 23.5 Å². The predicted molar refractivity (Wildman–Crippen MR) is 105 cm³/mol. The number of hydrogen-bond acceptors (Lipinski definition) is 4. The summed E-state index contributed by atoms with van der Waals surface area (Å²) in [6.07, 6.45) is 0. The van der Waals surface area contributed by atoms with E-state index in [9.17, 15) is 14.0 Å². The molecule has 2 aromatic carbocycles. The van der Waals surface area contributed by atoms with Gasteiger partial charge >= 0.3 is 5.97 Å². The molecule has 1 atom stereocenters. The van der Waals surface area contributed by atoms with Gasteiger partial charge in [0.05, 0.1) is 17.2 Å². The lowest BCUT2D eigenvalue weighted by molar-refractivity contribution is -0.148. The lowest BCUT2D eigenvalue weighted by atomic mass is 10.0. The number of esters is 1. The summed E-state index contributed by atoms with van der Waals surface area (Å²) in [6.45, 7) is 5.71. The molecule has 0 saturated heterocycles. The van der Waals surface area contributed by atoms with E-state index in [0.717, 1.165) is 6.07 Å². The van der Waals surface area contributed by atoms with Crippen molar-refractivity contribution in [2.45, 2.75) is 33.4 Å². The zero-order chi connectivity index (χ0) is 20.7. The minimum atomic E-state index is -0.860. The Morgan fingerprint density at radius 1 is 1.18 bits per heavy atom. The molecular weight excluding hydrogens is 385 g/mol. The highest BCUT2D eigenvalue weighted by atomic mass is 35.5. The van der Waals surface area contributed by atoms with Crippen LogP contribution in [-0.2, 0) is 16.1 Å². The molecule has 0 aliphatic rings. The SMILES string of the molecule is CCOc1ccccc1C(=O)N[C@H](C(=O)OCc1ccc(F)cc1Cl)C(C)C. The Hall–Kier alpha value is -2.60. The van der Waals surface area contributed by atoms with Crippen molar-refractivity contribution < 1.29 is 23.5 Å². The number of nitrogens with one attached hydrogen (secondary N) is 1. The van der Waals surface area contributed by atoms with Crippen molar-refractivity contribution in [3.05, 3.63) is 64.4 Å². The monoisotopic (exact) mass is 407 g/mol. The standard InChI is InChI=1S/C21H23ClFNO4/c1-4-27-18-8-6-5-7-16(18)20(25)24-19(13(2)3)21(26)28-12-14-9-10-15(23)11-17(14)22/h5-11,13,19H,4,12H2,1-3H3,(H,24,25)/t19-/m0/s1. The summed E-state index contributed by atoms with van der Waals surface area (Å²) in [6, 6.07) is 9.78. The highest BCUT2D eigenvalue weighted by Gasteiger charge is 2.27. The second kappa shape index (κ2) is 10.1. The fourth-order valence-corrected chi connectivity index (χ4v) is 2.75.